The Hall–Kier alpha value is -0.610. The number of nitrogens with one attached hydrogen (secondary N) is 1. The topological polar surface area (TPSA) is 42.0 Å². The van der Waals surface area contributed by atoms with E-state index in [9.17, 15) is 4.79 Å². The van der Waals surface area contributed by atoms with E-state index in [1.54, 1.807) is 11.3 Å². The summed E-state index contributed by atoms with van der Waals surface area (Å²) < 4.78 is 0. The molecule has 90 valence electrons. The number of unbranched alkanes of at least 4 members (excludes halogenated alkanes) is 1. The first-order chi connectivity index (χ1) is 7.76. The number of carbonyl (C=O) groups is 1. The van der Waals surface area contributed by atoms with Crippen molar-refractivity contribution in [1.29, 1.82) is 0 Å². The summed E-state index contributed by atoms with van der Waals surface area (Å²) >= 11 is 7.19. The van der Waals surface area contributed by atoms with Crippen molar-refractivity contribution in [3.8, 4) is 0 Å². The smallest absolute Gasteiger partial charge is 0.220 e. The third-order valence-electron chi connectivity index (χ3n) is 2.17. The van der Waals surface area contributed by atoms with Gasteiger partial charge >= 0.3 is 0 Å². The Morgan fingerprint density at radius 3 is 3.00 bits per heavy atom. The molecule has 0 aliphatic heterocycles. The first-order valence-electron chi connectivity index (χ1n) is 5.52. The molecule has 0 aliphatic carbocycles. The van der Waals surface area contributed by atoms with Gasteiger partial charge in [-0.15, -0.1) is 22.9 Å². The summed E-state index contributed by atoms with van der Waals surface area (Å²) in [4.78, 5) is 16.9. The van der Waals surface area contributed by atoms with Crippen molar-refractivity contribution in [2.45, 2.75) is 39.2 Å². The van der Waals surface area contributed by atoms with Crippen molar-refractivity contribution in [2.24, 2.45) is 0 Å². The van der Waals surface area contributed by atoms with E-state index in [1.807, 2.05) is 6.20 Å². The van der Waals surface area contributed by atoms with Gasteiger partial charge in [0.2, 0.25) is 5.91 Å². The summed E-state index contributed by atoms with van der Waals surface area (Å²) in [5.74, 6) is 0.706. The van der Waals surface area contributed by atoms with Gasteiger partial charge in [-0.05, 0) is 19.3 Å². The second-order valence-corrected chi connectivity index (χ2v) is 5.07. The molecular formula is C11H17ClN2OS. The molecule has 0 bridgehead atoms. The van der Waals surface area contributed by atoms with Crippen molar-refractivity contribution < 1.29 is 4.79 Å². The fourth-order valence-electron chi connectivity index (χ4n) is 1.24. The van der Waals surface area contributed by atoms with Crippen molar-refractivity contribution in [1.82, 2.24) is 10.3 Å². The van der Waals surface area contributed by atoms with Gasteiger partial charge in [0.05, 0.1) is 6.54 Å². The van der Waals surface area contributed by atoms with Crippen LogP contribution in [0.15, 0.2) is 6.20 Å². The van der Waals surface area contributed by atoms with Crippen molar-refractivity contribution in [3.63, 3.8) is 0 Å². The molecule has 1 aromatic rings. The third-order valence-corrected chi connectivity index (χ3v) is 3.58. The van der Waals surface area contributed by atoms with Crippen LogP contribution in [-0.4, -0.2) is 16.8 Å². The predicted octanol–water partition coefficient (Wildman–Crippen LogP) is 2.73. The first-order valence-corrected chi connectivity index (χ1v) is 6.87. The van der Waals surface area contributed by atoms with Gasteiger partial charge in [-0.1, -0.05) is 6.92 Å². The lowest BCUT2D eigenvalue weighted by Crippen LogP contribution is -2.22. The number of hydrogen-bond donors (Lipinski definition) is 1. The standard InChI is InChI=1S/C11H17ClN2OS/c1-2-9-7-14-11(16-9)8-13-10(15)5-3-4-6-12/h7H,2-6,8H2,1H3,(H,13,15). The minimum absolute atomic E-state index is 0.0818. The average Bonchev–Trinajstić information content (AvgIpc) is 2.74. The largest absolute Gasteiger partial charge is 0.350 e. The monoisotopic (exact) mass is 260 g/mol. The highest BCUT2D eigenvalue weighted by atomic mass is 35.5. The van der Waals surface area contributed by atoms with Crippen LogP contribution >= 0.6 is 22.9 Å². The lowest BCUT2D eigenvalue weighted by atomic mass is 10.2. The van der Waals surface area contributed by atoms with Crippen LogP contribution in [0.3, 0.4) is 0 Å². The molecule has 0 atom stereocenters. The molecule has 0 radical (unpaired) electrons. The van der Waals surface area contributed by atoms with Crippen LogP contribution < -0.4 is 5.32 Å². The van der Waals surface area contributed by atoms with E-state index in [2.05, 4.69) is 17.2 Å². The van der Waals surface area contributed by atoms with Gasteiger partial charge in [-0.3, -0.25) is 4.79 Å². The predicted molar refractivity (Wildman–Crippen MR) is 67.9 cm³/mol. The Kier molecular flexibility index (Phi) is 6.42. The highest BCUT2D eigenvalue weighted by molar-refractivity contribution is 7.11. The Morgan fingerprint density at radius 2 is 2.38 bits per heavy atom. The molecule has 16 heavy (non-hydrogen) atoms. The number of aryl methyl sites for hydroxylation is 1. The van der Waals surface area contributed by atoms with Crippen molar-refractivity contribution >= 4 is 28.8 Å². The van der Waals surface area contributed by atoms with Gasteiger partial charge in [0.1, 0.15) is 5.01 Å². The second kappa shape index (κ2) is 7.63. The summed E-state index contributed by atoms with van der Waals surface area (Å²) in [6, 6.07) is 0. The molecule has 1 rings (SSSR count). The van der Waals surface area contributed by atoms with Crippen LogP contribution in [0.4, 0.5) is 0 Å². The average molecular weight is 261 g/mol. The second-order valence-electron chi connectivity index (χ2n) is 3.50. The molecule has 5 heteroatoms. The minimum Gasteiger partial charge on any atom is -0.350 e. The van der Waals surface area contributed by atoms with Gasteiger partial charge in [0.25, 0.3) is 0 Å². The van der Waals surface area contributed by atoms with Crippen LogP contribution in [0.5, 0.6) is 0 Å². The number of nitrogens with zero attached hydrogens (tertiary/aromatic N) is 1. The molecule has 0 saturated carbocycles. The van der Waals surface area contributed by atoms with Gasteiger partial charge in [0.15, 0.2) is 0 Å². The molecule has 0 aliphatic rings. The fourth-order valence-corrected chi connectivity index (χ4v) is 2.23. The SMILES string of the molecule is CCc1cnc(CNC(=O)CCCCCl)s1. The summed E-state index contributed by atoms with van der Waals surface area (Å²) in [7, 11) is 0. The zero-order valence-corrected chi connectivity index (χ0v) is 11.0. The molecule has 0 saturated heterocycles. The first kappa shape index (κ1) is 13.5. The van der Waals surface area contributed by atoms with Gasteiger partial charge < -0.3 is 5.32 Å². The molecule has 0 aromatic carbocycles. The van der Waals surface area contributed by atoms with Crippen LogP contribution in [0.1, 0.15) is 36.1 Å². The van der Waals surface area contributed by atoms with Crippen molar-refractivity contribution in [2.75, 3.05) is 5.88 Å². The molecule has 0 unspecified atom stereocenters. The summed E-state index contributed by atoms with van der Waals surface area (Å²) in [5, 5.41) is 3.84. The van der Waals surface area contributed by atoms with Crippen LogP contribution in [0.25, 0.3) is 0 Å². The maximum Gasteiger partial charge on any atom is 0.220 e. The van der Waals surface area contributed by atoms with Crippen LogP contribution in [-0.2, 0) is 17.8 Å². The Morgan fingerprint density at radius 1 is 1.56 bits per heavy atom. The molecule has 1 aromatic heterocycles. The maximum atomic E-state index is 11.4. The maximum absolute atomic E-state index is 11.4. The van der Waals surface area contributed by atoms with Gasteiger partial charge in [-0.2, -0.15) is 0 Å². The molecule has 3 nitrogen and oxygen atoms in total. The van der Waals surface area contributed by atoms with Crippen LogP contribution in [0.2, 0.25) is 0 Å². The Bertz CT molecular complexity index is 328. The van der Waals surface area contributed by atoms with Gasteiger partial charge in [0, 0.05) is 23.4 Å². The number of alkyl halides is 1. The normalized spacial score (nSPS) is 10.4. The third kappa shape index (κ3) is 4.94. The molecule has 1 amide bonds. The van der Waals surface area contributed by atoms with E-state index >= 15 is 0 Å². The van der Waals surface area contributed by atoms with E-state index < -0.39 is 0 Å². The number of rotatable bonds is 7. The number of hydrogen-bond acceptors (Lipinski definition) is 3. The highest BCUT2D eigenvalue weighted by Gasteiger charge is 2.03. The van der Waals surface area contributed by atoms with E-state index in [4.69, 9.17) is 11.6 Å². The fraction of sp³-hybridized carbons (Fsp3) is 0.636. The summed E-state index contributed by atoms with van der Waals surface area (Å²) in [6.07, 6.45) is 5.18. The van der Waals surface area contributed by atoms with E-state index in [0.717, 1.165) is 24.3 Å². The molecule has 0 fully saturated rings. The van der Waals surface area contributed by atoms with E-state index in [1.165, 1.54) is 4.88 Å². The molecule has 1 N–H and O–H groups in total. The summed E-state index contributed by atoms with van der Waals surface area (Å²) in [5.41, 5.74) is 0. The van der Waals surface area contributed by atoms with E-state index in [-0.39, 0.29) is 5.91 Å². The lowest BCUT2D eigenvalue weighted by Gasteiger charge is -2.01. The Balaban J connectivity index is 2.20. The van der Waals surface area contributed by atoms with Crippen LogP contribution in [0, 0.1) is 0 Å². The molecule has 1 heterocycles. The Labute approximate surface area is 105 Å². The number of aromatic nitrogens is 1. The summed E-state index contributed by atoms with van der Waals surface area (Å²) in [6.45, 7) is 2.65. The quantitative estimate of drug-likeness (QED) is 0.605. The number of thiazole rings is 1. The molecular weight excluding hydrogens is 244 g/mol. The highest BCUT2D eigenvalue weighted by Crippen LogP contribution is 2.12. The molecule has 0 spiro atoms. The zero-order chi connectivity index (χ0) is 11.8. The zero-order valence-electron chi connectivity index (χ0n) is 9.46. The minimum atomic E-state index is 0.0818. The van der Waals surface area contributed by atoms with E-state index in [0.29, 0.717) is 18.8 Å². The lowest BCUT2D eigenvalue weighted by molar-refractivity contribution is -0.121. The van der Waals surface area contributed by atoms with Crippen molar-refractivity contribution in [3.05, 3.63) is 16.1 Å². The van der Waals surface area contributed by atoms with Gasteiger partial charge in [-0.25, -0.2) is 4.98 Å². The number of amides is 1. The number of halogens is 1. The number of carbonyl (C=O) groups excluding carboxylic acids is 1.